The fourth-order valence-corrected chi connectivity index (χ4v) is 7.64. The zero-order valence-corrected chi connectivity index (χ0v) is 15.7. The average molecular weight is 350 g/mol. The number of hydrogen-bond donors (Lipinski definition) is 2. The molecule has 25 heavy (non-hydrogen) atoms. The van der Waals surface area contributed by atoms with Gasteiger partial charge in [0, 0.05) is 5.41 Å². The van der Waals surface area contributed by atoms with Crippen LogP contribution in [0.25, 0.3) is 0 Å². The second-order valence-corrected chi connectivity index (χ2v) is 10.1. The molecule has 3 aliphatic carbocycles. The average Bonchev–Trinajstić information content (AvgIpc) is 3.15. The second-order valence-electron chi connectivity index (χ2n) is 10.1. The van der Waals surface area contributed by atoms with E-state index >= 15 is 0 Å². The van der Waals surface area contributed by atoms with Crippen molar-refractivity contribution in [2.24, 2.45) is 34.0 Å². The van der Waals surface area contributed by atoms with Crippen molar-refractivity contribution in [2.75, 3.05) is 0 Å². The topological polar surface area (TPSA) is 87.1 Å². The largest absolute Gasteiger partial charge is 0.481 e. The SMILES string of the molecule is CC(C)(C(=O)O)[C@H]1CC[C@]23C[C@H](CC[C@@H]2[C@]1(C)CC(=O)O)[C@]1(C)O[C@H]31. The van der Waals surface area contributed by atoms with Crippen molar-refractivity contribution in [3.05, 3.63) is 0 Å². The molecule has 7 atom stereocenters. The first-order valence-electron chi connectivity index (χ1n) is 9.61. The first-order valence-corrected chi connectivity index (χ1v) is 9.61. The van der Waals surface area contributed by atoms with E-state index in [9.17, 15) is 19.8 Å². The van der Waals surface area contributed by atoms with Crippen molar-refractivity contribution in [1.29, 1.82) is 0 Å². The first-order chi connectivity index (χ1) is 11.5. The molecule has 4 fully saturated rings. The van der Waals surface area contributed by atoms with Gasteiger partial charge in [-0.3, -0.25) is 9.59 Å². The molecule has 1 spiro atoms. The standard InChI is InChI=1S/C20H30O5/c1-17(2,16(23)24)12-7-8-20-9-11(19(4)15(20)25-19)5-6-13(20)18(12,3)10-14(21)22/h11-13,15H,5-10H2,1-4H3,(H,21,22)(H,23,24)/t11-,12+,13+,15-,18+,19-,20-/m0/s1. The summed E-state index contributed by atoms with van der Waals surface area (Å²) < 4.78 is 6.17. The van der Waals surface area contributed by atoms with Gasteiger partial charge in [0.15, 0.2) is 0 Å². The van der Waals surface area contributed by atoms with Crippen molar-refractivity contribution in [3.8, 4) is 0 Å². The highest BCUT2D eigenvalue weighted by Crippen LogP contribution is 2.77. The Hall–Kier alpha value is -1.10. The van der Waals surface area contributed by atoms with Gasteiger partial charge in [0.1, 0.15) is 0 Å². The van der Waals surface area contributed by atoms with Gasteiger partial charge in [-0.15, -0.1) is 0 Å². The monoisotopic (exact) mass is 350 g/mol. The van der Waals surface area contributed by atoms with Crippen LogP contribution in [0, 0.1) is 34.0 Å². The van der Waals surface area contributed by atoms with Crippen LogP contribution in [0.3, 0.4) is 0 Å². The Kier molecular flexibility index (Phi) is 3.32. The summed E-state index contributed by atoms with van der Waals surface area (Å²) in [6, 6.07) is 0. The zero-order chi connectivity index (χ0) is 18.4. The summed E-state index contributed by atoms with van der Waals surface area (Å²) in [6.45, 7) is 7.83. The van der Waals surface area contributed by atoms with Crippen molar-refractivity contribution >= 4 is 11.9 Å². The van der Waals surface area contributed by atoms with Gasteiger partial charge in [0.25, 0.3) is 0 Å². The summed E-state index contributed by atoms with van der Waals surface area (Å²) in [5.74, 6) is -0.944. The number of aliphatic carboxylic acids is 2. The van der Waals surface area contributed by atoms with E-state index in [4.69, 9.17) is 4.74 Å². The van der Waals surface area contributed by atoms with E-state index in [1.165, 1.54) is 0 Å². The third-order valence-corrected chi connectivity index (χ3v) is 8.74. The van der Waals surface area contributed by atoms with Crippen LogP contribution in [0.1, 0.15) is 66.2 Å². The van der Waals surface area contributed by atoms with Gasteiger partial charge in [-0.2, -0.15) is 0 Å². The van der Waals surface area contributed by atoms with E-state index in [0.717, 1.165) is 32.1 Å². The fourth-order valence-electron chi connectivity index (χ4n) is 7.64. The maximum Gasteiger partial charge on any atom is 0.309 e. The molecule has 2 N–H and O–H groups in total. The van der Waals surface area contributed by atoms with Gasteiger partial charge >= 0.3 is 11.9 Å². The molecule has 0 aromatic rings. The minimum Gasteiger partial charge on any atom is -0.481 e. The molecule has 0 radical (unpaired) electrons. The molecular formula is C20H30O5. The Balaban J connectivity index is 1.78. The van der Waals surface area contributed by atoms with E-state index in [1.54, 1.807) is 13.8 Å². The molecule has 3 saturated carbocycles. The van der Waals surface area contributed by atoms with Crippen LogP contribution >= 0.6 is 0 Å². The molecule has 4 rings (SSSR count). The summed E-state index contributed by atoms with van der Waals surface area (Å²) in [4.78, 5) is 23.7. The van der Waals surface area contributed by atoms with E-state index in [1.807, 2.05) is 0 Å². The molecule has 4 aliphatic rings. The van der Waals surface area contributed by atoms with Gasteiger partial charge in [-0.25, -0.2) is 0 Å². The van der Waals surface area contributed by atoms with Crippen LogP contribution < -0.4 is 0 Å². The molecule has 1 heterocycles. The molecule has 0 amide bonds. The molecular weight excluding hydrogens is 320 g/mol. The number of ether oxygens (including phenoxy) is 1. The van der Waals surface area contributed by atoms with Crippen molar-refractivity contribution < 1.29 is 24.5 Å². The Labute approximate surface area is 149 Å². The minimum absolute atomic E-state index is 0.00592. The van der Waals surface area contributed by atoms with Crippen LogP contribution in [0.5, 0.6) is 0 Å². The van der Waals surface area contributed by atoms with Crippen LogP contribution in [0.2, 0.25) is 0 Å². The number of carboxylic acids is 2. The number of rotatable bonds is 4. The molecule has 0 aromatic carbocycles. The van der Waals surface area contributed by atoms with Crippen molar-refractivity contribution in [2.45, 2.75) is 77.9 Å². The summed E-state index contributed by atoms with van der Waals surface area (Å²) >= 11 is 0. The molecule has 2 bridgehead atoms. The van der Waals surface area contributed by atoms with Crippen LogP contribution in [0.15, 0.2) is 0 Å². The highest BCUT2D eigenvalue weighted by atomic mass is 16.6. The lowest BCUT2D eigenvalue weighted by atomic mass is 9.43. The third kappa shape index (κ3) is 1.99. The fraction of sp³-hybridized carbons (Fsp3) is 0.900. The smallest absolute Gasteiger partial charge is 0.309 e. The normalized spacial score (nSPS) is 50.7. The molecule has 0 aromatic heterocycles. The number of epoxide rings is 1. The van der Waals surface area contributed by atoms with E-state index < -0.39 is 22.8 Å². The lowest BCUT2D eigenvalue weighted by Gasteiger charge is -2.60. The van der Waals surface area contributed by atoms with E-state index in [-0.39, 0.29) is 35.4 Å². The summed E-state index contributed by atoms with van der Waals surface area (Å²) in [5, 5.41) is 19.5. The quantitative estimate of drug-likeness (QED) is 0.757. The maximum atomic E-state index is 12.0. The summed E-state index contributed by atoms with van der Waals surface area (Å²) in [5.41, 5.74) is -1.37. The van der Waals surface area contributed by atoms with Crippen molar-refractivity contribution in [3.63, 3.8) is 0 Å². The molecule has 1 saturated heterocycles. The van der Waals surface area contributed by atoms with Crippen LogP contribution in [0.4, 0.5) is 0 Å². The highest BCUT2D eigenvalue weighted by molar-refractivity contribution is 5.75. The van der Waals surface area contributed by atoms with Crippen LogP contribution in [-0.4, -0.2) is 33.9 Å². The lowest BCUT2D eigenvalue weighted by Crippen LogP contribution is -2.57. The third-order valence-electron chi connectivity index (χ3n) is 8.74. The Morgan fingerprint density at radius 2 is 1.84 bits per heavy atom. The van der Waals surface area contributed by atoms with Gasteiger partial charge in [-0.1, -0.05) is 6.92 Å². The first kappa shape index (κ1) is 17.3. The molecule has 140 valence electrons. The van der Waals surface area contributed by atoms with Gasteiger partial charge in [-0.05, 0) is 76.0 Å². The molecule has 5 heteroatoms. The Morgan fingerprint density at radius 1 is 1.16 bits per heavy atom. The van der Waals surface area contributed by atoms with Crippen molar-refractivity contribution in [1.82, 2.24) is 0 Å². The Morgan fingerprint density at radius 3 is 2.44 bits per heavy atom. The molecule has 0 unspecified atom stereocenters. The summed E-state index contributed by atoms with van der Waals surface area (Å²) in [6.07, 6.45) is 5.28. The maximum absolute atomic E-state index is 12.0. The summed E-state index contributed by atoms with van der Waals surface area (Å²) in [7, 11) is 0. The second kappa shape index (κ2) is 4.79. The number of carboxylic acid groups (broad SMARTS) is 2. The molecule has 1 aliphatic heterocycles. The minimum atomic E-state index is -0.922. The van der Waals surface area contributed by atoms with Crippen LogP contribution in [-0.2, 0) is 14.3 Å². The van der Waals surface area contributed by atoms with Gasteiger partial charge < -0.3 is 14.9 Å². The Bertz CT molecular complexity index is 642. The zero-order valence-electron chi connectivity index (χ0n) is 15.7. The van der Waals surface area contributed by atoms with Gasteiger partial charge in [0.2, 0.25) is 0 Å². The van der Waals surface area contributed by atoms with E-state index in [0.29, 0.717) is 5.92 Å². The number of carbonyl (C=O) groups is 2. The van der Waals surface area contributed by atoms with Gasteiger partial charge in [0.05, 0.1) is 23.5 Å². The number of hydrogen-bond acceptors (Lipinski definition) is 3. The molecule has 5 nitrogen and oxygen atoms in total. The van der Waals surface area contributed by atoms with E-state index in [2.05, 4.69) is 13.8 Å². The number of fused-ring (bicyclic) bond motifs is 3. The highest BCUT2D eigenvalue weighted by Gasteiger charge is 2.78. The lowest BCUT2D eigenvalue weighted by molar-refractivity contribution is -0.179. The predicted molar refractivity (Wildman–Crippen MR) is 91.0 cm³/mol. The predicted octanol–water partition coefficient (Wildman–Crippen LogP) is 3.56.